The molecule has 0 aliphatic carbocycles. The predicted octanol–water partition coefficient (Wildman–Crippen LogP) is 2.02. The molecule has 1 N–H and O–H groups in total. The molecule has 0 unspecified atom stereocenters. The van der Waals surface area contributed by atoms with Crippen LogP contribution in [0.1, 0.15) is 29.8 Å². The molecule has 1 aromatic carbocycles. The third-order valence-electron chi connectivity index (χ3n) is 4.44. The highest BCUT2D eigenvalue weighted by molar-refractivity contribution is 5.89. The first-order chi connectivity index (χ1) is 13.3. The number of hydrogen-bond donors (Lipinski definition) is 1. The van der Waals surface area contributed by atoms with E-state index in [1.807, 2.05) is 0 Å². The summed E-state index contributed by atoms with van der Waals surface area (Å²) >= 11 is 0. The summed E-state index contributed by atoms with van der Waals surface area (Å²) in [5.74, 6) is -2.63. The predicted molar refractivity (Wildman–Crippen MR) is 95.2 cm³/mol. The Bertz CT molecular complexity index is 814. The molecule has 8 nitrogen and oxygen atoms in total. The van der Waals surface area contributed by atoms with Gasteiger partial charge in [-0.05, 0) is 32.0 Å². The molecule has 3 atom stereocenters. The molecule has 1 aliphatic rings. The van der Waals surface area contributed by atoms with Crippen molar-refractivity contribution in [3.05, 3.63) is 60.1 Å². The number of esters is 2. The van der Waals surface area contributed by atoms with Crippen molar-refractivity contribution >= 4 is 11.9 Å². The fourth-order valence-corrected chi connectivity index (χ4v) is 3.16. The normalized spacial score (nSPS) is 23.0. The Morgan fingerprint density at radius 2 is 1.89 bits per heavy atom. The highest BCUT2D eigenvalue weighted by atomic mass is 16.8. The maximum absolute atomic E-state index is 12.5. The summed E-state index contributed by atoms with van der Waals surface area (Å²) in [5.41, 5.74) is -1.69. The second-order valence-corrected chi connectivity index (χ2v) is 6.83. The molecule has 1 aliphatic heterocycles. The highest BCUT2D eigenvalue weighted by Gasteiger charge is 2.58. The second-order valence-electron chi connectivity index (χ2n) is 6.83. The van der Waals surface area contributed by atoms with Crippen molar-refractivity contribution in [2.24, 2.45) is 0 Å². The van der Waals surface area contributed by atoms with E-state index in [2.05, 4.69) is 0 Å². The standard InChI is InChI=1S/C20H22O8/c1-19(2)27-15(12-26-17(21)13-7-5-4-6-8-13)16(28-19)20(23,18(22)24-3)14-9-10-25-11-14/h4-11,15-16,23H,12H2,1-3H3/t15-,16+,20+/m0/s1. The minimum atomic E-state index is -2.21. The third-order valence-corrected chi connectivity index (χ3v) is 4.44. The van der Waals surface area contributed by atoms with Gasteiger partial charge in [0.05, 0.1) is 25.2 Å². The van der Waals surface area contributed by atoms with Crippen LogP contribution in [-0.2, 0) is 29.3 Å². The number of hydrogen-bond acceptors (Lipinski definition) is 8. The maximum atomic E-state index is 12.5. The van der Waals surface area contributed by atoms with Gasteiger partial charge in [-0.25, -0.2) is 9.59 Å². The van der Waals surface area contributed by atoms with Crippen LogP contribution < -0.4 is 0 Å². The fourth-order valence-electron chi connectivity index (χ4n) is 3.16. The zero-order valence-corrected chi connectivity index (χ0v) is 15.8. The van der Waals surface area contributed by atoms with Gasteiger partial charge in [-0.2, -0.15) is 0 Å². The maximum Gasteiger partial charge on any atom is 0.345 e. The molecule has 0 saturated carbocycles. The highest BCUT2D eigenvalue weighted by Crippen LogP contribution is 2.40. The molecule has 3 rings (SSSR count). The minimum Gasteiger partial charge on any atom is -0.472 e. The van der Waals surface area contributed by atoms with E-state index in [4.69, 9.17) is 23.4 Å². The average molecular weight is 390 g/mol. The summed E-state index contributed by atoms with van der Waals surface area (Å²) in [4.78, 5) is 24.7. The zero-order chi connectivity index (χ0) is 20.4. The molecule has 1 saturated heterocycles. The van der Waals surface area contributed by atoms with Crippen molar-refractivity contribution in [2.75, 3.05) is 13.7 Å². The fraction of sp³-hybridized carbons (Fsp3) is 0.400. The van der Waals surface area contributed by atoms with Gasteiger partial charge in [0.1, 0.15) is 18.8 Å². The molecule has 0 spiro atoms. The van der Waals surface area contributed by atoms with E-state index in [0.29, 0.717) is 5.56 Å². The van der Waals surface area contributed by atoms with E-state index in [-0.39, 0.29) is 12.2 Å². The Labute approximate surface area is 161 Å². The van der Waals surface area contributed by atoms with Gasteiger partial charge in [0, 0.05) is 5.56 Å². The smallest absolute Gasteiger partial charge is 0.345 e. The summed E-state index contributed by atoms with van der Waals surface area (Å²) in [6, 6.07) is 9.88. The van der Waals surface area contributed by atoms with Crippen LogP contribution in [0.5, 0.6) is 0 Å². The Morgan fingerprint density at radius 3 is 2.50 bits per heavy atom. The first kappa shape index (κ1) is 20.1. The Morgan fingerprint density at radius 1 is 1.18 bits per heavy atom. The van der Waals surface area contributed by atoms with Gasteiger partial charge >= 0.3 is 11.9 Å². The van der Waals surface area contributed by atoms with Crippen molar-refractivity contribution < 1.29 is 38.1 Å². The van der Waals surface area contributed by atoms with Crippen molar-refractivity contribution in [2.45, 2.75) is 37.4 Å². The average Bonchev–Trinajstić information content (AvgIpc) is 3.33. The zero-order valence-electron chi connectivity index (χ0n) is 15.8. The van der Waals surface area contributed by atoms with E-state index in [1.54, 1.807) is 44.2 Å². The number of ether oxygens (including phenoxy) is 4. The number of methoxy groups -OCH3 is 1. The van der Waals surface area contributed by atoms with E-state index < -0.39 is 35.5 Å². The molecular formula is C20H22O8. The first-order valence-corrected chi connectivity index (χ1v) is 8.69. The molecule has 2 aromatic rings. The first-order valence-electron chi connectivity index (χ1n) is 8.69. The van der Waals surface area contributed by atoms with E-state index in [9.17, 15) is 14.7 Å². The molecule has 8 heteroatoms. The van der Waals surface area contributed by atoms with Crippen molar-refractivity contribution in [1.82, 2.24) is 0 Å². The number of furan rings is 1. The van der Waals surface area contributed by atoms with Gasteiger partial charge in [-0.3, -0.25) is 0 Å². The van der Waals surface area contributed by atoms with E-state index in [1.165, 1.54) is 18.6 Å². The summed E-state index contributed by atoms with van der Waals surface area (Å²) in [6.45, 7) is 3.02. The third kappa shape index (κ3) is 3.80. The van der Waals surface area contributed by atoms with Crippen LogP contribution in [0.2, 0.25) is 0 Å². The van der Waals surface area contributed by atoms with Crippen LogP contribution in [0.3, 0.4) is 0 Å². The van der Waals surface area contributed by atoms with Gasteiger partial charge in [-0.1, -0.05) is 18.2 Å². The van der Waals surface area contributed by atoms with Crippen LogP contribution >= 0.6 is 0 Å². The Kier molecular flexibility index (Phi) is 5.55. The Hall–Kier alpha value is -2.68. The molecule has 0 radical (unpaired) electrons. The number of aliphatic hydroxyl groups is 1. The van der Waals surface area contributed by atoms with E-state index >= 15 is 0 Å². The lowest BCUT2D eigenvalue weighted by Crippen LogP contribution is -2.52. The van der Waals surface area contributed by atoms with Gasteiger partial charge in [0.25, 0.3) is 0 Å². The number of carbonyl (C=O) groups is 2. The van der Waals surface area contributed by atoms with E-state index in [0.717, 1.165) is 7.11 Å². The SMILES string of the molecule is COC(=O)[C@@](O)(c1ccoc1)[C@@H]1OC(C)(C)O[C@H]1COC(=O)c1ccccc1. The quantitative estimate of drug-likeness (QED) is 0.747. The monoisotopic (exact) mass is 390 g/mol. The second kappa shape index (κ2) is 7.75. The van der Waals surface area contributed by atoms with Crippen LogP contribution in [0.15, 0.2) is 53.3 Å². The molecule has 2 heterocycles. The Balaban J connectivity index is 1.85. The molecule has 0 amide bonds. The van der Waals surface area contributed by atoms with Crippen molar-refractivity contribution in [3.8, 4) is 0 Å². The summed E-state index contributed by atoms with van der Waals surface area (Å²) in [6.07, 6.45) is 0.408. The molecular weight excluding hydrogens is 368 g/mol. The minimum absolute atomic E-state index is 0.144. The van der Waals surface area contributed by atoms with Gasteiger partial charge in [0.2, 0.25) is 5.60 Å². The molecule has 1 fully saturated rings. The summed E-state index contributed by atoms with van der Waals surface area (Å²) < 4.78 is 26.7. The van der Waals surface area contributed by atoms with Gasteiger partial charge in [0.15, 0.2) is 5.79 Å². The number of benzene rings is 1. The lowest BCUT2D eigenvalue weighted by molar-refractivity contribution is -0.195. The topological polar surface area (TPSA) is 104 Å². The summed E-state index contributed by atoms with van der Waals surface area (Å²) in [5, 5.41) is 11.2. The van der Waals surface area contributed by atoms with Crippen molar-refractivity contribution in [3.63, 3.8) is 0 Å². The largest absolute Gasteiger partial charge is 0.472 e. The lowest BCUT2D eigenvalue weighted by Gasteiger charge is -2.32. The van der Waals surface area contributed by atoms with Gasteiger partial charge < -0.3 is 28.5 Å². The molecule has 150 valence electrons. The lowest BCUT2D eigenvalue weighted by atomic mass is 9.87. The number of carbonyl (C=O) groups excluding carboxylic acids is 2. The van der Waals surface area contributed by atoms with Crippen LogP contribution in [0.25, 0.3) is 0 Å². The number of rotatable bonds is 6. The van der Waals surface area contributed by atoms with Crippen LogP contribution in [0, 0.1) is 0 Å². The molecule has 28 heavy (non-hydrogen) atoms. The molecule has 0 bridgehead atoms. The molecule has 1 aromatic heterocycles. The van der Waals surface area contributed by atoms with Crippen molar-refractivity contribution in [1.29, 1.82) is 0 Å². The summed E-state index contributed by atoms with van der Waals surface area (Å²) in [7, 11) is 1.15. The van der Waals surface area contributed by atoms with Gasteiger partial charge in [-0.15, -0.1) is 0 Å². The van der Waals surface area contributed by atoms with Crippen LogP contribution in [-0.4, -0.2) is 48.8 Å². The van der Waals surface area contributed by atoms with Crippen LogP contribution in [0.4, 0.5) is 0 Å².